The molecule has 1 aliphatic carbocycles. The van der Waals surface area contributed by atoms with Gasteiger partial charge in [-0.05, 0) is 19.3 Å². The summed E-state index contributed by atoms with van der Waals surface area (Å²) in [5.41, 5.74) is -0.584. The first-order chi connectivity index (χ1) is 5.76. The molecule has 0 aliphatic heterocycles. The molecule has 68 valence electrons. The van der Waals surface area contributed by atoms with Crippen LogP contribution in [0.25, 0.3) is 0 Å². The van der Waals surface area contributed by atoms with Gasteiger partial charge in [0.05, 0.1) is 12.2 Å². The minimum atomic E-state index is -0.584. The van der Waals surface area contributed by atoms with Crippen molar-refractivity contribution in [2.75, 3.05) is 14.2 Å². The van der Waals surface area contributed by atoms with Crippen LogP contribution in [0.15, 0.2) is 0 Å². The standard InChI is InChI=1S/C9H15NO2/c1-11-8-4-3-5-9(6-8,7-10)12-2/h8H,3-6H2,1-2H3. The minimum Gasteiger partial charge on any atom is -0.381 e. The molecule has 3 heteroatoms. The van der Waals surface area contributed by atoms with Crippen molar-refractivity contribution in [3.8, 4) is 6.07 Å². The summed E-state index contributed by atoms with van der Waals surface area (Å²) in [5.74, 6) is 0. The number of hydrogen-bond acceptors (Lipinski definition) is 3. The van der Waals surface area contributed by atoms with Crippen molar-refractivity contribution in [2.45, 2.75) is 37.4 Å². The second kappa shape index (κ2) is 3.88. The Labute approximate surface area is 73.3 Å². The molecule has 1 fully saturated rings. The van der Waals surface area contributed by atoms with Crippen molar-refractivity contribution >= 4 is 0 Å². The lowest BCUT2D eigenvalue weighted by molar-refractivity contribution is -0.0499. The van der Waals surface area contributed by atoms with E-state index in [2.05, 4.69) is 6.07 Å². The van der Waals surface area contributed by atoms with E-state index in [0.29, 0.717) is 6.42 Å². The van der Waals surface area contributed by atoms with Gasteiger partial charge in [0, 0.05) is 20.6 Å². The van der Waals surface area contributed by atoms with Crippen LogP contribution in [0.3, 0.4) is 0 Å². The zero-order valence-corrected chi connectivity index (χ0v) is 7.67. The molecular weight excluding hydrogens is 154 g/mol. The van der Waals surface area contributed by atoms with Crippen molar-refractivity contribution in [2.24, 2.45) is 0 Å². The number of methoxy groups -OCH3 is 2. The van der Waals surface area contributed by atoms with Crippen LogP contribution in [0, 0.1) is 11.3 Å². The summed E-state index contributed by atoms with van der Waals surface area (Å²) in [4.78, 5) is 0. The van der Waals surface area contributed by atoms with E-state index >= 15 is 0 Å². The van der Waals surface area contributed by atoms with Crippen LogP contribution >= 0.6 is 0 Å². The SMILES string of the molecule is COC1CCCC(C#N)(OC)C1. The highest BCUT2D eigenvalue weighted by Gasteiger charge is 2.36. The fourth-order valence-electron chi connectivity index (χ4n) is 1.72. The van der Waals surface area contributed by atoms with Crippen LogP contribution in [0.5, 0.6) is 0 Å². The van der Waals surface area contributed by atoms with Gasteiger partial charge in [0.1, 0.15) is 0 Å². The molecule has 0 bridgehead atoms. The average Bonchev–Trinajstić information content (AvgIpc) is 2.18. The maximum absolute atomic E-state index is 8.92. The quantitative estimate of drug-likeness (QED) is 0.628. The topological polar surface area (TPSA) is 42.2 Å². The maximum Gasteiger partial charge on any atom is 0.156 e. The maximum atomic E-state index is 8.92. The van der Waals surface area contributed by atoms with Gasteiger partial charge in [0.25, 0.3) is 0 Å². The molecule has 0 aromatic carbocycles. The number of nitrogens with zero attached hydrogens (tertiary/aromatic N) is 1. The molecule has 1 aliphatic rings. The van der Waals surface area contributed by atoms with E-state index in [0.717, 1.165) is 19.3 Å². The fraction of sp³-hybridized carbons (Fsp3) is 0.889. The number of nitriles is 1. The summed E-state index contributed by atoms with van der Waals surface area (Å²) in [6.45, 7) is 0. The second-order valence-electron chi connectivity index (χ2n) is 3.26. The van der Waals surface area contributed by atoms with Crippen LogP contribution in [0.1, 0.15) is 25.7 Å². The predicted molar refractivity (Wildman–Crippen MR) is 44.6 cm³/mol. The molecule has 2 unspecified atom stereocenters. The first kappa shape index (κ1) is 9.50. The Morgan fingerprint density at radius 3 is 2.75 bits per heavy atom. The highest BCUT2D eigenvalue weighted by molar-refractivity contribution is 5.05. The van der Waals surface area contributed by atoms with Gasteiger partial charge in [-0.1, -0.05) is 0 Å². The lowest BCUT2D eigenvalue weighted by Gasteiger charge is -2.33. The van der Waals surface area contributed by atoms with Gasteiger partial charge < -0.3 is 9.47 Å². The van der Waals surface area contributed by atoms with Crippen LogP contribution in [-0.2, 0) is 9.47 Å². The summed E-state index contributed by atoms with van der Waals surface area (Å²) in [6, 6.07) is 2.23. The average molecular weight is 169 g/mol. The number of hydrogen-bond donors (Lipinski definition) is 0. The van der Waals surface area contributed by atoms with Gasteiger partial charge in [-0.15, -0.1) is 0 Å². The Morgan fingerprint density at radius 1 is 1.50 bits per heavy atom. The molecule has 12 heavy (non-hydrogen) atoms. The monoisotopic (exact) mass is 169 g/mol. The number of rotatable bonds is 2. The number of ether oxygens (including phenoxy) is 2. The van der Waals surface area contributed by atoms with Gasteiger partial charge in [0.2, 0.25) is 0 Å². The molecule has 0 saturated heterocycles. The molecule has 0 heterocycles. The molecule has 1 saturated carbocycles. The first-order valence-electron chi connectivity index (χ1n) is 4.25. The van der Waals surface area contributed by atoms with Crippen molar-refractivity contribution in [1.82, 2.24) is 0 Å². The summed E-state index contributed by atoms with van der Waals surface area (Å²) in [7, 11) is 3.29. The molecule has 0 amide bonds. The van der Waals surface area contributed by atoms with E-state index in [1.165, 1.54) is 0 Å². The Kier molecular flexibility index (Phi) is 3.07. The molecule has 1 rings (SSSR count). The van der Waals surface area contributed by atoms with Gasteiger partial charge in [-0.3, -0.25) is 0 Å². The van der Waals surface area contributed by atoms with E-state index in [-0.39, 0.29) is 6.10 Å². The Hall–Kier alpha value is -0.590. The molecule has 0 aromatic rings. The second-order valence-corrected chi connectivity index (χ2v) is 3.26. The van der Waals surface area contributed by atoms with Gasteiger partial charge in [-0.25, -0.2) is 0 Å². The van der Waals surface area contributed by atoms with Crippen molar-refractivity contribution in [3.05, 3.63) is 0 Å². The summed E-state index contributed by atoms with van der Waals surface area (Å²) >= 11 is 0. The highest BCUT2D eigenvalue weighted by Crippen LogP contribution is 2.31. The Bertz CT molecular complexity index is 187. The molecule has 0 spiro atoms. The van der Waals surface area contributed by atoms with Gasteiger partial charge in [-0.2, -0.15) is 5.26 Å². The van der Waals surface area contributed by atoms with Crippen LogP contribution in [0.2, 0.25) is 0 Å². The van der Waals surface area contributed by atoms with E-state index in [9.17, 15) is 0 Å². The van der Waals surface area contributed by atoms with Crippen molar-refractivity contribution in [3.63, 3.8) is 0 Å². The highest BCUT2D eigenvalue weighted by atomic mass is 16.5. The third-order valence-electron chi connectivity index (χ3n) is 2.59. The first-order valence-corrected chi connectivity index (χ1v) is 4.25. The lowest BCUT2D eigenvalue weighted by atomic mass is 9.84. The largest absolute Gasteiger partial charge is 0.381 e. The van der Waals surface area contributed by atoms with Crippen LogP contribution < -0.4 is 0 Å². The van der Waals surface area contributed by atoms with Crippen LogP contribution in [0.4, 0.5) is 0 Å². The van der Waals surface area contributed by atoms with Crippen molar-refractivity contribution in [1.29, 1.82) is 5.26 Å². The fourth-order valence-corrected chi connectivity index (χ4v) is 1.72. The van der Waals surface area contributed by atoms with Gasteiger partial charge >= 0.3 is 0 Å². The molecule has 0 radical (unpaired) electrons. The van der Waals surface area contributed by atoms with E-state index in [4.69, 9.17) is 14.7 Å². The zero-order chi connectivity index (χ0) is 9.03. The smallest absolute Gasteiger partial charge is 0.156 e. The molecule has 3 nitrogen and oxygen atoms in total. The third-order valence-corrected chi connectivity index (χ3v) is 2.59. The molecular formula is C9H15NO2. The summed E-state index contributed by atoms with van der Waals surface area (Å²) < 4.78 is 10.4. The molecule has 2 atom stereocenters. The zero-order valence-electron chi connectivity index (χ0n) is 7.67. The van der Waals surface area contributed by atoms with Crippen molar-refractivity contribution < 1.29 is 9.47 Å². The predicted octanol–water partition coefficient (Wildman–Crippen LogP) is 1.48. The Morgan fingerprint density at radius 2 is 2.25 bits per heavy atom. The van der Waals surface area contributed by atoms with E-state index in [1.807, 2.05) is 0 Å². The third kappa shape index (κ3) is 1.77. The summed E-state index contributed by atoms with van der Waals surface area (Å²) in [6.07, 6.45) is 3.79. The molecule has 0 aromatic heterocycles. The molecule has 0 N–H and O–H groups in total. The van der Waals surface area contributed by atoms with Crippen LogP contribution in [-0.4, -0.2) is 25.9 Å². The Balaban J connectivity index is 2.60. The lowest BCUT2D eigenvalue weighted by Crippen LogP contribution is -2.38. The normalized spacial score (nSPS) is 35.9. The van der Waals surface area contributed by atoms with Gasteiger partial charge in [0.15, 0.2) is 5.60 Å². The van der Waals surface area contributed by atoms with E-state index < -0.39 is 5.60 Å². The minimum absolute atomic E-state index is 0.193. The summed E-state index contributed by atoms with van der Waals surface area (Å²) in [5, 5.41) is 8.92. The van der Waals surface area contributed by atoms with E-state index in [1.54, 1.807) is 14.2 Å².